The zero-order valence-corrected chi connectivity index (χ0v) is 8.78. The normalized spacial score (nSPS) is 14.6. The van der Waals surface area contributed by atoms with Crippen LogP contribution in [0.2, 0.25) is 0 Å². The van der Waals surface area contributed by atoms with Crippen LogP contribution in [0.3, 0.4) is 0 Å². The molecule has 1 amide bonds. The van der Waals surface area contributed by atoms with Gasteiger partial charge in [0.2, 0.25) is 0 Å². The van der Waals surface area contributed by atoms with E-state index < -0.39 is 5.82 Å². The summed E-state index contributed by atoms with van der Waals surface area (Å²) in [6, 6.07) is 4.53. The molecule has 0 atom stereocenters. The number of hydrogen-bond donors (Lipinski definition) is 1. The van der Waals surface area contributed by atoms with Crippen molar-refractivity contribution in [2.24, 2.45) is 5.73 Å². The maximum absolute atomic E-state index is 13.6. The van der Waals surface area contributed by atoms with Crippen LogP contribution in [0.5, 0.6) is 5.75 Å². The van der Waals surface area contributed by atoms with E-state index in [4.69, 9.17) is 10.5 Å². The van der Waals surface area contributed by atoms with E-state index in [0.717, 1.165) is 0 Å². The summed E-state index contributed by atoms with van der Waals surface area (Å²) in [5.41, 5.74) is 5.62. The van der Waals surface area contributed by atoms with E-state index in [1.807, 2.05) is 0 Å². The first-order valence-electron chi connectivity index (χ1n) is 5.16. The van der Waals surface area contributed by atoms with Crippen LogP contribution in [0.1, 0.15) is 6.42 Å². The molecule has 0 saturated heterocycles. The van der Waals surface area contributed by atoms with Crippen molar-refractivity contribution < 1.29 is 13.9 Å². The van der Waals surface area contributed by atoms with Crippen LogP contribution in [-0.4, -0.2) is 25.6 Å². The maximum atomic E-state index is 13.6. The summed E-state index contributed by atoms with van der Waals surface area (Å²) in [7, 11) is 0. The molecule has 0 spiro atoms. The molecule has 0 saturated carbocycles. The van der Waals surface area contributed by atoms with Crippen LogP contribution in [0.15, 0.2) is 18.2 Å². The molecule has 1 aliphatic rings. The van der Waals surface area contributed by atoms with Crippen LogP contribution in [0.4, 0.5) is 10.1 Å². The van der Waals surface area contributed by atoms with Gasteiger partial charge in [0.25, 0.3) is 5.91 Å². The number of para-hydroxylation sites is 1. The number of carbonyl (C=O) groups excluding carboxylic acids is 1. The number of benzene rings is 1. The van der Waals surface area contributed by atoms with Crippen molar-refractivity contribution in [3.8, 4) is 5.75 Å². The van der Waals surface area contributed by atoms with Crippen molar-refractivity contribution in [3.05, 3.63) is 24.0 Å². The number of nitrogens with zero attached hydrogens (tertiary/aromatic N) is 1. The van der Waals surface area contributed by atoms with Gasteiger partial charge >= 0.3 is 0 Å². The maximum Gasteiger partial charge on any atom is 0.265 e. The molecule has 5 heteroatoms. The Labute approximate surface area is 92.8 Å². The lowest BCUT2D eigenvalue weighted by atomic mass is 10.2. The lowest BCUT2D eigenvalue weighted by Crippen LogP contribution is -2.40. The lowest BCUT2D eigenvalue weighted by Gasteiger charge is -2.29. The number of nitrogens with two attached hydrogens (primary N) is 1. The highest BCUT2D eigenvalue weighted by Crippen LogP contribution is 2.34. The Balaban J connectivity index is 2.35. The molecule has 1 aliphatic heterocycles. The molecule has 0 aromatic heterocycles. The van der Waals surface area contributed by atoms with Gasteiger partial charge in [0, 0.05) is 6.54 Å². The number of fused-ring (bicyclic) bond motifs is 1. The molecule has 0 radical (unpaired) electrons. The molecule has 1 aromatic carbocycles. The van der Waals surface area contributed by atoms with Gasteiger partial charge in [-0.15, -0.1) is 0 Å². The number of carbonyl (C=O) groups is 1. The second-order valence-electron chi connectivity index (χ2n) is 3.56. The van der Waals surface area contributed by atoms with Gasteiger partial charge in [0.05, 0.1) is 0 Å². The Kier molecular flexibility index (Phi) is 3.05. The molecule has 2 N–H and O–H groups in total. The molecular weight excluding hydrogens is 211 g/mol. The summed E-state index contributed by atoms with van der Waals surface area (Å²) in [5, 5.41) is 0. The first-order valence-corrected chi connectivity index (χ1v) is 5.16. The summed E-state index contributed by atoms with van der Waals surface area (Å²) in [6.07, 6.45) is 0.638. The lowest BCUT2D eigenvalue weighted by molar-refractivity contribution is -0.121. The first-order chi connectivity index (χ1) is 7.74. The molecule has 0 aliphatic carbocycles. The highest BCUT2D eigenvalue weighted by atomic mass is 19.1. The Morgan fingerprint density at radius 3 is 3.06 bits per heavy atom. The molecular formula is C11H13FN2O2. The van der Waals surface area contributed by atoms with E-state index in [9.17, 15) is 9.18 Å². The number of amides is 1. The van der Waals surface area contributed by atoms with Crippen LogP contribution < -0.4 is 15.4 Å². The molecule has 0 bridgehead atoms. The SMILES string of the molecule is NCCCN1C(=O)COc2cccc(F)c21. The van der Waals surface area contributed by atoms with E-state index in [2.05, 4.69) is 0 Å². The number of ether oxygens (including phenoxy) is 1. The van der Waals surface area contributed by atoms with E-state index in [1.54, 1.807) is 12.1 Å². The summed E-state index contributed by atoms with van der Waals surface area (Å²) in [6.45, 7) is 0.849. The molecule has 86 valence electrons. The summed E-state index contributed by atoms with van der Waals surface area (Å²) >= 11 is 0. The van der Waals surface area contributed by atoms with Crippen molar-refractivity contribution in [2.45, 2.75) is 6.42 Å². The van der Waals surface area contributed by atoms with Gasteiger partial charge < -0.3 is 15.4 Å². The van der Waals surface area contributed by atoms with Gasteiger partial charge in [0.1, 0.15) is 11.4 Å². The van der Waals surface area contributed by atoms with Crippen molar-refractivity contribution in [1.82, 2.24) is 0 Å². The van der Waals surface area contributed by atoms with Crippen molar-refractivity contribution in [1.29, 1.82) is 0 Å². The minimum absolute atomic E-state index is 0.0407. The van der Waals surface area contributed by atoms with Crippen LogP contribution in [-0.2, 0) is 4.79 Å². The van der Waals surface area contributed by atoms with Crippen molar-refractivity contribution in [2.75, 3.05) is 24.6 Å². The van der Waals surface area contributed by atoms with Crippen LogP contribution >= 0.6 is 0 Å². The highest BCUT2D eigenvalue weighted by Gasteiger charge is 2.27. The van der Waals surface area contributed by atoms with Gasteiger partial charge in [-0.3, -0.25) is 4.79 Å². The standard InChI is InChI=1S/C11H13FN2O2/c12-8-3-1-4-9-11(8)14(6-2-5-13)10(15)7-16-9/h1,3-4H,2,5-7,13H2. The van der Waals surface area contributed by atoms with Crippen LogP contribution in [0, 0.1) is 5.82 Å². The first kappa shape index (κ1) is 10.9. The molecule has 0 fully saturated rings. The monoisotopic (exact) mass is 224 g/mol. The Hall–Kier alpha value is -1.62. The fourth-order valence-electron chi connectivity index (χ4n) is 1.70. The Morgan fingerprint density at radius 1 is 1.50 bits per heavy atom. The third-order valence-electron chi connectivity index (χ3n) is 2.46. The predicted molar refractivity (Wildman–Crippen MR) is 57.9 cm³/mol. The van der Waals surface area contributed by atoms with Gasteiger partial charge in [-0.1, -0.05) is 6.07 Å². The van der Waals surface area contributed by atoms with E-state index >= 15 is 0 Å². The molecule has 2 rings (SSSR count). The molecule has 4 nitrogen and oxygen atoms in total. The largest absolute Gasteiger partial charge is 0.481 e. The Bertz CT molecular complexity index is 409. The van der Waals surface area contributed by atoms with Gasteiger partial charge in [-0.2, -0.15) is 0 Å². The third-order valence-corrected chi connectivity index (χ3v) is 2.46. The van der Waals surface area contributed by atoms with Gasteiger partial charge in [0.15, 0.2) is 12.4 Å². The zero-order chi connectivity index (χ0) is 11.5. The predicted octanol–water partition coefficient (Wildman–Crippen LogP) is 0.900. The van der Waals surface area contributed by atoms with Crippen molar-refractivity contribution in [3.63, 3.8) is 0 Å². The van der Waals surface area contributed by atoms with Gasteiger partial charge in [-0.25, -0.2) is 4.39 Å². The smallest absolute Gasteiger partial charge is 0.265 e. The fourth-order valence-corrected chi connectivity index (χ4v) is 1.70. The summed E-state index contributed by atoms with van der Waals surface area (Å²) in [4.78, 5) is 13.0. The van der Waals surface area contributed by atoms with E-state index in [1.165, 1.54) is 11.0 Å². The average molecular weight is 224 g/mol. The van der Waals surface area contributed by atoms with E-state index in [-0.39, 0.29) is 18.2 Å². The molecule has 0 unspecified atom stereocenters. The summed E-state index contributed by atoms with van der Waals surface area (Å²) < 4.78 is 18.8. The molecule has 1 aromatic rings. The summed E-state index contributed by atoms with van der Waals surface area (Å²) in [5.74, 6) is -0.259. The van der Waals surface area contributed by atoms with E-state index in [0.29, 0.717) is 25.3 Å². The molecule has 16 heavy (non-hydrogen) atoms. The number of hydrogen-bond acceptors (Lipinski definition) is 3. The zero-order valence-electron chi connectivity index (χ0n) is 8.78. The second kappa shape index (κ2) is 4.49. The second-order valence-corrected chi connectivity index (χ2v) is 3.56. The van der Waals surface area contributed by atoms with Gasteiger partial charge in [-0.05, 0) is 25.1 Å². The fraction of sp³-hybridized carbons (Fsp3) is 0.364. The highest BCUT2D eigenvalue weighted by molar-refractivity contribution is 5.97. The Morgan fingerprint density at radius 2 is 2.31 bits per heavy atom. The number of rotatable bonds is 3. The quantitative estimate of drug-likeness (QED) is 0.829. The average Bonchev–Trinajstić information content (AvgIpc) is 2.28. The third kappa shape index (κ3) is 1.86. The minimum Gasteiger partial charge on any atom is -0.481 e. The number of halogens is 1. The van der Waals surface area contributed by atoms with Crippen molar-refractivity contribution >= 4 is 11.6 Å². The van der Waals surface area contributed by atoms with Crippen LogP contribution in [0.25, 0.3) is 0 Å². The molecule has 1 heterocycles. The topological polar surface area (TPSA) is 55.6 Å². The number of anilines is 1. The minimum atomic E-state index is -0.442.